The van der Waals surface area contributed by atoms with Crippen LogP contribution in [0.4, 0.5) is 11.4 Å². The van der Waals surface area contributed by atoms with Crippen molar-refractivity contribution < 1.29 is 0 Å². The number of hydrogen-bond acceptors (Lipinski definition) is 4. The molecule has 2 N–H and O–H groups in total. The van der Waals surface area contributed by atoms with Gasteiger partial charge in [0.15, 0.2) is 0 Å². The second-order valence-corrected chi connectivity index (χ2v) is 4.44. The minimum absolute atomic E-state index is 0.334. The van der Waals surface area contributed by atoms with E-state index in [1.807, 2.05) is 43.6 Å². The highest BCUT2D eigenvalue weighted by Gasteiger charge is 2.06. The molecule has 0 radical (unpaired) electrons. The molecule has 19 heavy (non-hydrogen) atoms. The zero-order valence-electron chi connectivity index (χ0n) is 10.9. The molecule has 0 saturated carbocycles. The van der Waals surface area contributed by atoms with Gasteiger partial charge >= 0.3 is 0 Å². The Hall–Kier alpha value is -2.54. The fourth-order valence-electron chi connectivity index (χ4n) is 1.92. The van der Waals surface area contributed by atoms with Crippen LogP contribution < -0.4 is 10.6 Å². The minimum Gasteiger partial charge on any atom is -0.398 e. The summed E-state index contributed by atoms with van der Waals surface area (Å²) >= 11 is 0. The molecule has 0 fully saturated rings. The third-order valence-corrected chi connectivity index (χ3v) is 2.98. The Bertz CT molecular complexity index is 587. The minimum atomic E-state index is 0.334. The van der Waals surface area contributed by atoms with E-state index in [4.69, 9.17) is 11.0 Å². The lowest BCUT2D eigenvalue weighted by Crippen LogP contribution is -2.16. The van der Waals surface area contributed by atoms with Crippen LogP contribution in [0.1, 0.15) is 11.1 Å². The summed E-state index contributed by atoms with van der Waals surface area (Å²) in [6.07, 6.45) is 3.95. The molecule has 1 aromatic carbocycles. The molecule has 2 rings (SSSR count). The molecule has 0 saturated heterocycles. The molecule has 0 aliphatic rings. The summed E-state index contributed by atoms with van der Waals surface area (Å²) in [6, 6.07) is 11.9. The Morgan fingerprint density at radius 3 is 2.89 bits per heavy atom. The lowest BCUT2D eigenvalue weighted by molar-refractivity contribution is 0.914. The molecule has 1 aromatic heterocycles. The average molecular weight is 252 g/mol. The van der Waals surface area contributed by atoms with Crippen molar-refractivity contribution in [3.8, 4) is 6.07 Å². The molecule has 0 spiro atoms. The SMILES string of the molecule is CN(Cc1cccnc1)c1ccc(N)c(CC#N)c1. The number of aromatic nitrogens is 1. The number of nitrogen functional groups attached to an aromatic ring is 1. The molecular formula is C15H16N4. The predicted molar refractivity (Wildman–Crippen MR) is 76.5 cm³/mol. The van der Waals surface area contributed by atoms with Crippen molar-refractivity contribution in [1.29, 1.82) is 5.26 Å². The largest absolute Gasteiger partial charge is 0.398 e. The van der Waals surface area contributed by atoms with Crippen molar-refractivity contribution in [1.82, 2.24) is 4.98 Å². The monoisotopic (exact) mass is 252 g/mol. The van der Waals surface area contributed by atoms with Crippen molar-refractivity contribution in [2.45, 2.75) is 13.0 Å². The lowest BCUT2D eigenvalue weighted by atomic mass is 10.1. The first-order valence-corrected chi connectivity index (χ1v) is 6.06. The fraction of sp³-hybridized carbons (Fsp3) is 0.200. The molecule has 4 heteroatoms. The Morgan fingerprint density at radius 1 is 1.37 bits per heavy atom. The highest BCUT2D eigenvalue weighted by Crippen LogP contribution is 2.22. The molecule has 0 aliphatic carbocycles. The summed E-state index contributed by atoms with van der Waals surface area (Å²) in [5.41, 5.74) is 9.58. The van der Waals surface area contributed by atoms with Crippen LogP contribution in [0.15, 0.2) is 42.7 Å². The maximum atomic E-state index is 8.78. The molecular weight excluding hydrogens is 236 g/mol. The van der Waals surface area contributed by atoms with Crippen molar-refractivity contribution >= 4 is 11.4 Å². The summed E-state index contributed by atoms with van der Waals surface area (Å²) in [5, 5.41) is 8.78. The van der Waals surface area contributed by atoms with Crippen LogP contribution in [0, 0.1) is 11.3 Å². The first-order valence-electron chi connectivity index (χ1n) is 6.06. The quantitative estimate of drug-likeness (QED) is 0.848. The number of benzene rings is 1. The summed E-state index contributed by atoms with van der Waals surface area (Å²) in [7, 11) is 2.01. The van der Waals surface area contributed by atoms with E-state index in [0.29, 0.717) is 12.1 Å². The zero-order chi connectivity index (χ0) is 13.7. The van der Waals surface area contributed by atoms with E-state index >= 15 is 0 Å². The predicted octanol–water partition coefficient (Wildman–Crippen LogP) is 2.37. The Balaban J connectivity index is 2.17. The number of hydrogen-bond donors (Lipinski definition) is 1. The molecule has 96 valence electrons. The van der Waals surface area contributed by atoms with Gasteiger partial charge in [0.25, 0.3) is 0 Å². The first-order chi connectivity index (χ1) is 9.20. The second-order valence-electron chi connectivity index (χ2n) is 4.44. The van der Waals surface area contributed by atoms with E-state index in [0.717, 1.165) is 23.4 Å². The normalized spacial score (nSPS) is 9.89. The first kappa shape index (κ1) is 12.9. The maximum Gasteiger partial charge on any atom is 0.0670 e. The van der Waals surface area contributed by atoms with Gasteiger partial charge in [-0.15, -0.1) is 0 Å². The van der Waals surface area contributed by atoms with Gasteiger partial charge < -0.3 is 10.6 Å². The highest BCUT2D eigenvalue weighted by atomic mass is 15.1. The maximum absolute atomic E-state index is 8.78. The van der Waals surface area contributed by atoms with Gasteiger partial charge in [0, 0.05) is 37.4 Å². The van der Waals surface area contributed by atoms with Gasteiger partial charge in [-0.2, -0.15) is 5.26 Å². The third-order valence-electron chi connectivity index (χ3n) is 2.98. The van der Waals surface area contributed by atoms with Gasteiger partial charge in [-0.05, 0) is 35.4 Å². The van der Waals surface area contributed by atoms with Crippen molar-refractivity contribution in [2.24, 2.45) is 0 Å². The van der Waals surface area contributed by atoms with Gasteiger partial charge in [0.05, 0.1) is 12.5 Å². The lowest BCUT2D eigenvalue weighted by Gasteiger charge is -2.20. The summed E-state index contributed by atoms with van der Waals surface area (Å²) in [5.74, 6) is 0. The molecule has 0 unspecified atom stereocenters. The molecule has 0 aliphatic heterocycles. The standard InChI is InChI=1S/C15H16N4/c1-19(11-12-3-2-8-18-10-12)14-4-5-15(17)13(9-14)6-7-16/h2-5,8-10H,6,11,17H2,1H3. The van der Waals surface area contributed by atoms with E-state index in [1.54, 1.807) is 6.20 Å². The van der Waals surface area contributed by atoms with Crippen molar-refractivity contribution in [3.63, 3.8) is 0 Å². The number of pyridine rings is 1. The summed E-state index contributed by atoms with van der Waals surface area (Å²) in [6.45, 7) is 0.768. The molecule has 4 nitrogen and oxygen atoms in total. The average Bonchev–Trinajstić information content (AvgIpc) is 2.42. The topological polar surface area (TPSA) is 65.9 Å². The second kappa shape index (κ2) is 5.87. The molecule has 0 bridgehead atoms. The van der Waals surface area contributed by atoms with E-state index in [-0.39, 0.29) is 0 Å². The van der Waals surface area contributed by atoms with E-state index in [2.05, 4.69) is 16.0 Å². The van der Waals surface area contributed by atoms with Gasteiger partial charge in [-0.1, -0.05) is 6.07 Å². The van der Waals surface area contributed by atoms with Crippen LogP contribution in [-0.4, -0.2) is 12.0 Å². The Morgan fingerprint density at radius 2 is 2.21 bits per heavy atom. The van der Waals surface area contributed by atoms with Crippen LogP contribution in [0.3, 0.4) is 0 Å². The van der Waals surface area contributed by atoms with E-state index < -0.39 is 0 Å². The van der Waals surface area contributed by atoms with Crippen molar-refractivity contribution in [3.05, 3.63) is 53.9 Å². The van der Waals surface area contributed by atoms with Crippen LogP contribution in [0.25, 0.3) is 0 Å². The van der Waals surface area contributed by atoms with Gasteiger partial charge in [-0.25, -0.2) is 0 Å². The Kier molecular flexibility index (Phi) is 3.99. The molecule has 0 atom stereocenters. The summed E-state index contributed by atoms with van der Waals surface area (Å²) < 4.78 is 0. The highest BCUT2D eigenvalue weighted by molar-refractivity contribution is 5.59. The van der Waals surface area contributed by atoms with Crippen LogP contribution >= 0.6 is 0 Å². The van der Waals surface area contributed by atoms with Crippen molar-refractivity contribution in [2.75, 3.05) is 17.7 Å². The number of nitriles is 1. The van der Waals surface area contributed by atoms with Gasteiger partial charge in [0.2, 0.25) is 0 Å². The number of rotatable bonds is 4. The third kappa shape index (κ3) is 3.23. The number of nitrogens with zero attached hydrogens (tertiary/aromatic N) is 3. The number of anilines is 2. The van der Waals surface area contributed by atoms with E-state index in [1.165, 1.54) is 0 Å². The fourth-order valence-corrected chi connectivity index (χ4v) is 1.92. The van der Waals surface area contributed by atoms with Gasteiger partial charge in [0.1, 0.15) is 0 Å². The smallest absolute Gasteiger partial charge is 0.0670 e. The molecule has 0 amide bonds. The molecule has 1 heterocycles. The molecule has 2 aromatic rings. The van der Waals surface area contributed by atoms with Crippen LogP contribution in [0.5, 0.6) is 0 Å². The van der Waals surface area contributed by atoms with Crippen LogP contribution in [-0.2, 0) is 13.0 Å². The zero-order valence-corrected chi connectivity index (χ0v) is 10.9. The van der Waals surface area contributed by atoms with E-state index in [9.17, 15) is 0 Å². The summed E-state index contributed by atoms with van der Waals surface area (Å²) in [4.78, 5) is 6.21. The van der Waals surface area contributed by atoms with Gasteiger partial charge in [-0.3, -0.25) is 4.98 Å². The Labute approximate surface area is 113 Å². The van der Waals surface area contributed by atoms with Crippen LogP contribution in [0.2, 0.25) is 0 Å². The number of nitrogens with two attached hydrogens (primary N) is 1.